The highest BCUT2D eigenvalue weighted by Gasteiger charge is 2.41. The highest BCUT2D eigenvalue weighted by atomic mass is 16.5. The third kappa shape index (κ3) is 2.46. The predicted molar refractivity (Wildman–Crippen MR) is 69.2 cm³/mol. The molecule has 3 heterocycles. The van der Waals surface area contributed by atoms with Gasteiger partial charge in [0.25, 0.3) is 0 Å². The van der Waals surface area contributed by atoms with Crippen molar-refractivity contribution in [2.75, 3.05) is 33.0 Å². The number of aromatic nitrogens is 2. The Morgan fingerprint density at radius 1 is 1.30 bits per heavy atom. The Labute approximate surface area is 117 Å². The van der Waals surface area contributed by atoms with E-state index in [-0.39, 0.29) is 12.0 Å². The monoisotopic (exact) mass is 283 g/mol. The van der Waals surface area contributed by atoms with Crippen molar-refractivity contribution in [1.82, 2.24) is 10.1 Å². The molecule has 1 aromatic heterocycles. The molecular weight excluding hydrogens is 262 g/mol. The van der Waals surface area contributed by atoms with Crippen molar-refractivity contribution in [2.24, 2.45) is 5.73 Å². The summed E-state index contributed by atoms with van der Waals surface area (Å²) in [6.07, 6.45) is 1.49. The lowest BCUT2D eigenvalue weighted by Crippen LogP contribution is -2.37. The molecule has 2 aliphatic heterocycles. The van der Waals surface area contributed by atoms with Crippen molar-refractivity contribution >= 4 is 0 Å². The van der Waals surface area contributed by atoms with Crippen molar-refractivity contribution in [3.8, 4) is 0 Å². The van der Waals surface area contributed by atoms with E-state index in [2.05, 4.69) is 10.1 Å². The number of ether oxygens (including phenoxy) is 3. The average molecular weight is 283 g/mol. The molecule has 2 saturated heterocycles. The van der Waals surface area contributed by atoms with Crippen molar-refractivity contribution < 1.29 is 18.7 Å². The Morgan fingerprint density at radius 3 is 2.75 bits per heavy atom. The van der Waals surface area contributed by atoms with Crippen molar-refractivity contribution in [2.45, 2.75) is 37.3 Å². The van der Waals surface area contributed by atoms with Crippen molar-refractivity contribution in [1.29, 1.82) is 0 Å². The van der Waals surface area contributed by atoms with Crippen LogP contribution in [0.1, 0.15) is 37.4 Å². The van der Waals surface area contributed by atoms with E-state index >= 15 is 0 Å². The lowest BCUT2D eigenvalue weighted by Gasteiger charge is -2.33. The van der Waals surface area contributed by atoms with Crippen LogP contribution in [0.4, 0.5) is 0 Å². The highest BCUT2D eigenvalue weighted by Crippen LogP contribution is 2.35. The molecule has 2 N–H and O–H groups in total. The van der Waals surface area contributed by atoms with E-state index in [0.717, 1.165) is 12.8 Å². The van der Waals surface area contributed by atoms with Crippen LogP contribution in [0.3, 0.4) is 0 Å². The van der Waals surface area contributed by atoms with Gasteiger partial charge in [0, 0.05) is 38.7 Å². The fraction of sp³-hybridized carbons (Fsp3) is 0.846. The molecular formula is C13H21N3O4. The molecule has 3 rings (SSSR count). The first-order valence-electron chi connectivity index (χ1n) is 7.14. The van der Waals surface area contributed by atoms with E-state index in [4.69, 9.17) is 24.5 Å². The fourth-order valence-electron chi connectivity index (χ4n) is 2.81. The number of rotatable bonds is 4. The number of hydrogen-bond acceptors (Lipinski definition) is 7. The lowest BCUT2D eigenvalue weighted by molar-refractivity contribution is -0.118. The molecule has 0 aromatic carbocycles. The fourth-order valence-corrected chi connectivity index (χ4v) is 2.81. The summed E-state index contributed by atoms with van der Waals surface area (Å²) < 4.78 is 22.1. The molecule has 7 heteroatoms. The third-order valence-corrected chi connectivity index (χ3v) is 4.01. The smallest absolute Gasteiger partial charge is 0.233 e. The number of nitrogens with two attached hydrogens (primary N) is 1. The van der Waals surface area contributed by atoms with Gasteiger partial charge in [0.15, 0.2) is 0 Å². The van der Waals surface area contributed by atoms with Gasteiger partial charge >= 0.3 is 0 Å². The largest absolute Gasteiger partial charge is 0.381 e. The molecule has 0 radical (unpaired) electrons. The van der Waals surface area contributed by atoms with Crippen LogP contribution >= 0.6 is 0 Å². The normalized spacial score (nSPS) is 29.7. The van der Waals surface area contributed by atoms with Gasteiger partial charge in [-0.05, 0) is 6.92 Å². The van der Waals surface area contributed by atoms with Crippen LogP contribution in [0.5, 0.6) is 0 Å². The Morgan fingerprint density at radius 2 is 2.10 bits per heavy atom. The molecule has 0 saturated carbocycles. The van der Waals surface area contributed by atoms with Crippen LogP contribution in [-0.2, 0) is 19.8 Å². The zero-order valence-electron chi connectivity index (χ0n) is 11.7. The maximum Gasteiger partial charge on any atom is 0.233 e. The lowest BCUT2D eigenvalue weighted by atomic mass is 9.93. The van der Waals surface area contributed by atoms with Gasteiger partial charge in [-0.2, -0.15) is 4.98 Å². The summed E-state index contributed by atoms with van der Waals surface area (Å²) in [7, 11) is 0. The summed E-state index contributed by atoms with van der Waals surface area (Å²) in [4.78, 5) is 4.54. The summed E-state index contributed by atoms with van der Waals surface area (Å²) in [6.45, 7) is 4.95. The van der Waals surface area contributed by atoms with Gasteiger partial charge in [0.2, 0.25) is 11.7 Å². The molecule has 2 unspecified atom stereocenters. The Hall–Kier alpha value is -1.02. The molecule has 20 heavy (non-hydrogen) atoms. The summed E-state index contributed by atoms with van der Waals surface area (Å²) in [5, 5.41) is 4.13. The second-order valence-corrected chi connectivity index (χ2v) is 5.30. The molecule has 0 amide bonds. The molecule has 0 spiro atoms. The van der Waals surface area contributed by atoms with E-state index in [1.54, 1.807) is 0 Å². The van der Waals surface area contributed by atoms with Gasteiger partial charge in [-0.15, -0.1) is 0 Å². The molecule has 2 fully saturated rings. The van der Waals surface area contributed by atoms with E-state index in [1.807, 2.05) is 6.92 Å². The molecule has 1 aromatic rings. The van der Waals surface area contributed by atoms with Crippen LogP contribution in [0.2, 0.25) is 0 Å². The van der Waals surface area contributed by atoms with Crippen molar-refractivity contribution in [3.05, 3.63) is 11.7 Å². The minimum Gasteiger partial charge on any atom is -0.381 e. The molecule has 2 atom stereocenters. The summed E-state index contributed by atoms with van der Waals surface area (Å²) in [6, 6.07) is -0.0824. The Balaban J connectivity index is 1.83. The Kier molecular flexibility index (Phi) is 4.02. The van der Waals surface area contributed by atoms with Gasteiger partial charge in [-0.3, -0.25) is 0 Å². The number of hydrogen-bond donors (Lipinski definition) is 1. The van der Waals surface area contributed by atoms with Gasteiger partial charge in [-0.1, -0.05) is 5.16 Å². The zero-order chi connectivity index (χ0) is 14.0. The SMILES string of the molecule is CCOC1(c2noc(C3COCC3N)n2)CCOCC1. The topological polar surface area (TPSA) is 92.6 Å². The van der Waals surface area contributed by atoms with Crippen molar-refractivity contribution in [3.63, 3.8) is 0 Å². The van der Waals surface area contributed by atoms with E-state index < -0.39 is 5.60 Å². The van der Waals surface area contributed by atoms with E-state index in [0.29, 0.717) is 44.7 Å². The molecule has 112 valence electrons. The summed E-state index contributed by atoms with van der Waals surface area (Å²) in [5.74, 6) is 1.14. The standard InChI is InChI=1S/C13H21N3O4/c1-2-19-13(3-5-17-6-4-13)12-15-11(20-16-12)9-7-18-8-10(9)14/h9-10H,2-8,14H2,1H3. The first-order chi connectivity index (χ1) is 9.75. The van der Waals surface area contributed by atoms with Crippen LogP contribution in [0.15, 0.2) is 4.52 Å². The minimum atomic E-state index is -0.488. The maximum absolute atomic E-state index is 5.99. The van der Waals surface area contributed by atoms with Gasteiger partial charge in [-0.25, -0.2) is 0 Å². The first kappa shape index (κ1) is 13.9. The predicted octanol–water partition coefficient (Wildman–Crippen LogP) is 0.553. The molecule has 7 nitrogen and oxygen atoms in total. The molecule has 2 aliphatic rings. The molecule has 0 aliphatic carbocycles. The summed E-state index contributed by atoms with van der Waals surface area (Å²) >= 11 is 0. The van der Waals surface area contributed by atoms with Crippen LogP contribution in [0, 0.1) is 0 Å². The van der Waals surface area contributed by atoms with Crippen LogP contribution < -0.4 is 5.73 Å². The van der Waals surface area contributed by atoms with Gasteiger partial charge in [0.1, 0.15) is 5.60 Å². The third-order valence-electron chi connectivity index (χ3n) is 4.01. The van der Waals surface area contributed by atoms with E-state index in [1.165, 1.54) is 0 Å². The number of nitrogens with zero attached hydrogens (tertiary/aromatic N) is 2. The first-order valence-corrected chi connectivity index (χ1v) is 7.14. The average Bonchev–Trinajstić information content (AvgIpc) is 3.08. The quantitative estimate of drug-likeness (QED) is 0.862. The Bertz CT molecular complexity index is 439. The van der Waals surface area contributed by atoms with Gasteiger partial charge < -0.3 is 24.5 Å². The van der Waals surface area contributed by atoms with Crippen LogP contribution in [-0.4, -0.2) is 49.2 Å². The highest BCUT2D eigenvalue weighted by molar-refractivity contribution is 5.07. The zero-order valence-corrected chi connectivity index (χ0v) is 11.7. The summed E-state index contributed by atoms with van der Waals surface area (Å²) in [5.41, 5.74) is 5.50. The maximum atomic E-state index is 5.99. The molecule has 0 bridgehead atoms. The second kappa shape index (κ2) is 5.77. The van der Waals surface area contributed by atoms with Crippen LogP contribution in [0.25, 0.3) is 0 Å². The van der Waals surface area contributed by atoms with E-state index in [9.17, 15) is 0 Å². The minimum absolute atomic E-state index is 0.0187. The second-order valence-electron chi connectivity index (χ2n) is 5.30. The van der Waals surface area contributed by atoms with Gasteiger partial charge in [0.05, 0.1) is 19.1 Å².